The topological polar surface area (TPSA) is 80.7 Å². The molecule has 0 saturated heterocycles. The van der Waals surface area contributed by atoms with Gasteiger partial charge < -0.3 is 14.4 Å². The first-order valence-corrected chi connectivity index (χ1v) is 4.97. The van der Waals surface area contributed by atoms with Crippen LogP contribution in [0.4, 0.5) is 0 Å². The number of carbonyl (C=O) groups excluding carboxylic acids is 2. The molecule has 0 spiro atoms. The second kappa shape index (κ2) is 5.91. The van der Waals surface area contributed by atoms with Crippen LogP contribution in [0.15, 0.2) is 0 Å². The molecule has 70 valence electrons. The van der Waals surface area contributed by atoms with E-state index in [9.17, 15) is 14.2 Å². The minimum atomic E-state index is -2.55. The van der Waals surface area contributed by atoms with Crippen LogP contribution in [0.3, 0.4) is 0 Å². The normalized spacial score (nSPS) is 12.2. The van der Waals surface area contributed by atoms with Gasteiger partial charge in [-0.2, -0.15) is 0 Å². The van der Waals surface area contributed by atoms with Crippen LogP contribution >= 0.6 is 7.80 Å². The lowest BCUT2D eigenvalue weighted by Crippen LogP contribution is -2.03. The fraction of sp³-hybridized carbons (Fsp3) is 0.667. The van der Waals surface area contributed by atoms with Crippen molar-refractivity contribution in [1.29, 1.82) is 0 Å². The highest BCUT2D eigenvalue weighted by Crippen LogP contribution is 2.22. The summed E-state index contributed by atoms with van der Waals surface area (Å²) in [6.07, 6.45) is -0.818. The molecule has 0 heterocycles. The van der Waals surface area contributed by atoms with Gasteiger partial charge in [0.05, 0.1) is 13.5 Å². The third-order valence-electron chi connectivity index (χ3n) is 1.24. The molecule has 0 fully saturated rings. The third kappa shape index (κ3) is 4.26. The second-order valence-electron chi connectivity index (χ2n) is 2.08. The van der Waals surface area contributed by atoms with E-state index in [0.29, 0.717) is 0 Å². The molecule has 0 aliphatic carbocycles. The van der Waals surface area contributed by atoms with Crippen LogP contribution in [0, 0.1) is 0 Å². The number of aliphatic hydroxyl groups is 1. The Morgan fingerprint density at radius 2 is 2.00 bits per heavy atom. The summed E-state index contributed by atoms with van der Waals surface area (Å²) < 4.78 is 14.9. The number of ether oxygens (including phenoxy) is 1. The van der Waals surface area contributed by atoms with E-state index in [2.05, 4.69) is 4.74 Å². The van der Waals surface area contributed by atoms with Crippen molar-refractivity contribution in [2.75, 3.05) is 13.5 Å². The SMILES string of the molecule is COC(=O)CCC(=O)[PH](=O)CO. The molecule has 0 aliphatic heterocycles. The van der Waals surface area contributed by atoms with E-state index in [1.54, 1.807) is 0 Å². The molecule has 1 unspecified atom stereocenters. The summed E-state index contributed by atoms with van der Waals surface area (Å²) in [4.78, 5) is 21.3. The van der Waals surface area contributed by atoms with Gasteiger partial charge in [0, 0.05) is 6.42 Å². The average molecular weight is 194 g/mol. The Labute approximate surface area is 70.5 Å². The molecule has 0 aromatic rings. The summed E-state index contributed by atoms with van der Waals surface area (Å²) in [6, 6.07) is 0. The van der Waals surface area contributed by atoms with Crippen molar-refractivity contribution >= 4 is 19.3 Å². The summed E-state index contributed by atoms with van der Waals surface area (Å²) in [5.41, 5.74) is -0.562. The molecule has 0 aromatic carbocycles. The van der Waals surface area contributed by atoms with Crippen LogP contribution in [0.1, 0.15) is 12.8 Å². The van der Waals surface area contributed by atoms with E-state index in [1.807, 2.05) is 0 Å². The number of esters is 1. The molecule has 5 nitrogen and oxygen atoms in total. The molecule has 0 aliphatic rings. The van der Waals surface area contributed by atoms with Gasteiger partial charge in [-0.3, -0.25) is 9.59 Å². The predicted molar refractivity (Wildman–Crippen MR) is 42.3 cm³/mol. The van der Waals surface area contributed by atoms with Gasteiger partial charge in [0.2, 0.25) is 0 Å². The summed E-state index contributed by atoms with van der Waals surface area (Å²) >= 11 is 0. The van der Waals surface area contributed by atoms with Gasteiger partial charge in [0.15, 0.2) is 13.3 Å². The molecule has 0 bridgehead atoms. The van der Waals surface area contributed by atoms with E-state index < -0.39 is 25.6 Å². The number of rotatable bonds is 5. The van der Waals surface area contributed by atoms with Gasteiger partial charge in [-0.1, -0.05) is 0 Å². The maximum absolute atomic E-state index is 10.8. The van der Waals surface area contributed by atoms with E-state index in [0.717, 1.165) is 0 Å². The smallest absolute Gasteiger partial charge is 0.305 e. The van der Waals surface area contributed by atoms with Gasteiger partial charge in [-0.15, -0.1) is 0 Å². The summed E-state index contributed by atoms with van der Waals surface area (Å²) in [6.45, 7) is 0. The Hall–Kier alpha value is -0.670. The molecular formula is C6H11O5P. The zero-order valence-corrected chi connectivity index (χ0v) is 7.70. The van der Waals surface area contributed by atoms with Crippen LogP contribution in [0.25, 0.3) is 0 Å². The van der Waals surface area contributed by atoms with Crippen molar-refractivity contribution in [2.45, 2.75) is 12.8 Å². The number of methoxy groups -OCH3 is 1. The molecule has 1 N–H and O–H groups in total. The lowest BCUT2D eigenvalue weighted by molar-refractivity contribution is -0.141. The molecule has 12 heavy (non-hydrogen) atoms. The van der Waals surface area contributed by atoms with Crippen LogP contribution in [-0.2, 0) is 18.9 Å². The monoisotopic (exact) mass is 194 g/mol. The Morgan fingerprint density at radius 1 is 1.42 bits per heavy atom. The molecule has 0 aromatic heterocycles. The number of hydrogen-bond acceptors (Lipinski definition) is 5. The number of hydrogen-bond donors (Lipinski definition) is 1. The zero-order valence-electron chi connectivity index (χ0n) is 6.70. The quantitative estimate of drug-likeness (QED) is 0.491. The van der Waals surface area contributed by atoms with Crippen molar-refractivity contribution in [3.8, 4) is 0 Å². The Morgan fingerprint density at radius 3 is 2.42 bits per heavy atom. The lowest BCUT2D eigenvalue weighted by atomic mass is 10.3. The molecule has 0 amide bonds. The molecule has 0 rings (SSSR count). The maximum Gasteiger partial charge on any atom is 0.305 e. The first-order chi connectivity index (χ1) is 5.61. The number of aliphatic hydroxyl groups excluding tert-OH is 1. The molecule has 0 saturated carbocycles. The van der Waals surface area contributed by atoms with Crippen LogP contribution in [0.2, 0.25) is 0 Å². The van der Waals surface area contributed by atoms with Crippen molar-refractivity contribution in [3.63, 3.8) is 0 Å². The summed E-state index contributed by atoms with van der Waals surface area (Å²) in [5, 5.41) is 8.32. The summed E-state index contributed by atoms with van der Waals surface area (Å²) in [7, 11) is -1.34. The summed E-state index contributed by atoms with van der Waals surface area (Å²) in [5.74, 6) is -0.518. The first kappa shape index (κ1) is 11.3. The third-order valence-corrected chi connectivity index (χ3v) is 2.40. The van der Waals surface area contributed by atoms with Crippen molar-refractivity contribution in [3.05, 3.63) is 0 Å². The lowest BCUT2D eigenvalue weighted by Gasteiger charge is -1.97. The standard InChI is InChI=1S/C6H11O5P/c1-11-5(8)2-3-6(9)12(10)4-7/h7,12H,2-4H2,1H3. The van der Waals surface area contributed by atoms with E-state index in [4.69, 9.17) is 5.11 Å². The fourth-order valence-corrected chi connectivity index (χ4v) is 1.13. The van der Waals surface area contributed by atoms with Gasteiger partial charge in [0.1, 0.15) is 6.35 Å². The molecule has 1 atom stereocenters. The molecule has 0 radical (unpaired) electrons. The van der Waals surface area contributed by atoms with Gasteiger partial charge >= 0.3 is 5.97 Å². The average Bonchev–Trinajstić information content (AvgIpc) is 2.11. The zero-order chi connectivity index (χ0) is 9.56. The van der Waals surface area contributed by atoms with Gasteiger partial charge in [-0.05, 0) is 0 Å². The minimum Gasteiger partial charge on any atom is -0.469 e. The largest absolute Gasteiger partial charge is 0.469 e. The Bertz CT molecular complexity index is 200. The first-order valence-electron chi connectivity index (χ1n) is 3.35. The van der Waals surface area contributed by atoms with E-state index in [-0.39, 0.29) is 12.8 Å². The van der Waals surface area contributed by atoms with Crippen LogP contribution in [0.5, 0.6) is 0 Å². The molecular weight excluding hydrogens is 183 g/mol. The van der Waals surface area contributed by atoms with E-state index >= 15 is 0 Å². The van der Waals surface area contributed by atoms with Gasteiger partial charge in [-0.25, -0.2) is 0 Å². The van der Waals surface area contributed by atoms with Crippen molar-refractivity contribution in [1.82, 2.24) is 0 Å². The minimum absolute atomic E-state index is 0.0776. The van der Waals surface area contributed by atoms with Crippen LogP contribution in [-0.4, -0.2) is 30.1 Å². The highest BCUT2D eigenvalue weighted by atomic mass is 31.1. The van der Waals surface area contributed by atoms with E-state index in [1.165, 1.54) is 7.11 Å². The number of carbonyl (C=O) groups is 2. The Balaban J connectivity index is 3.72. The maximum atomic E-state index is 10.8. The second-order valence-corrected chi connectivity index (χ2v) is 3.80. The predicted octanol–water partition coefficient (Wildman–Crippen LogP) is -0.0243. The van der Waals surface area contributed by atoms with Crippen molar-refractivity contribution in [2.24, 2.45) is 0 Å². The highest BCUT2D eigenvalue weighted by molar-refractivity contribution is 7.63. The molecule has 6 heteroatoms. The van der Waals surface area contributed by atoms with Crippen LogP contribution < -0.4 is 0 Å². The van der Waals surface area contributed by atoms with Gasteiger partial charge in [0.25, 0.3) is 0 Å². The Kier molecular flexibility index (Phi) is 5.58. The highest BCUT2D eigenvalue weighted by Gasteiger charge is 2.12. The fourth-order valence-electron chi connectivity index (χ4n) is 0.545. The van der Waals surface area contributed by atoms with Crippen molar-refractivity contribution < 1.29 is 24.0 Å².